The SMILES string of the molecule is CCCc1ccccc1.[H-].[K+]. The Hall–Kier alpha value is 0.856. The van der Waals surface area contributed by atoms with E-state index in [0.29, 0.717) is 0 Å². The van der Waals surface area contributed by atoms with Crippen molar-refractivity contribution in [3.63, 3.8) is 0 Å². The van der Waals surface area contributed by atoms with Gasteiger partial charge in [0.05, 0.1) is 0 Å². The molecule has 0 saturated carbocycles. The quantitative estimate of drug-likeness (QED) is 0.524. The predicted octanol–water partition coefficient (Wildman–Crippen LogP) is -0.244. The monoisotopic (exact) mass is 160 g/mol. The zero-order valence-electron chi connectivity index (χ0n) is 7.80. The maximum Gasteiger partial charge on any atom is 1.00 e. The van der Waals surface area contributed by atoms with Crippen molar-refractivity contribution >= 4 is 0 Å². The summed E-state index contributed by atoms with van der Waals surface area (Å²) in [6, 6.07) is 10.6. The Labute approximate surface area is 107 Å². The van der Waals surface area contributed by atoms with E-state index >= 15 is 0 Å². The van der Waals surface area contributed by atoms with E-state index in [2.05, 4.69) is 37.3 Å². The molecular formula is C9H13K. The summed E-state index contributed by atoms with van der Waals surface area (Å²) in [5.41, 5.74) is 1.44. The molecule has 0 bridgehead atoms. The summed E-state index contributed by atoms with van der Waals surface area (Å²) in [6.45, 7) is 2.20. The zero-order chi connectivity index (χ0) is 6.53. The van der Waals surface area contributed by atoms with Gasteiger partial charge in [0.15, 0.2) is 0 Å². The molecule has 0 aliphatic heterocycles. The smallest absolute Gasteiger partial charge is 1.00 e. The summed E-state index contributed by atoms with van der Waals surface area (Å²) in [5.74, 6) is 0. The van der Waals surface area contributed by atoms with E-state index in [-0.39, 0.29) is 52.8 Å². The summed E-state index contributed by atoms with van der Waals surface area (Å²) in [6.07, 6.45) is 2.45. The van der Waals surface area contributed by atoms with E-state index in [0.717, 1.165) is 0 Å². The van der Waals surface area contributed by atoms with Crippen LogP contribution >= 0.6 is 0 Å². The van der Waals surface area contributed by atoms with Gasteiger partial charge in [-0.05, 0) is 12.0 Å². The second-order valence-electron chi connectivity index (χ2n) is 2.24. The van der Waals surface area contributed by atoms with Crippen molar-refractivity contribution in [2.45, 2.75) is 19.8 Å². The molecule has 50 valence electrons. The molecule has 0 nitrogen and oxygen atoms in total. The van der Waals surface area contributed by atoms with Crippen molar-refractivity contribution in [1.82, 2.24) is 0 Å². The van der Waals surface area contributed by atoms with Gasteiger partial charge in [-0.1, -0.05) is 43.7 Å². The molecule has 0 atom stereocenters. The van der Waals surface area contributed by atoms with Crippen LogP contribution in [0.5, 0.6) is 0 Å². The molecular weight excluding hydrogens is 147 g/mol. The zero-order valence-corrected chi connectivity index (χ0v) is 9.92. The molecule has 0 aromatic heterocycles. The van der Waals surface area contributed by atoms with Gasteiger partial charge in [-0.2, -0.15) is 0 Å². The van der Waals surface area contributed by atoms with E-state index in [1.165, 1.54) is 18.4 Å². The molecule has 0 saturated heterocycles. The molecule has 1 rings (SSSR count). The third-order valence-electron chi connectivity index (χ3n) is 1.38. The predicted molar refractivity (Wildman–Crippen MR) is 41.5 cm³/mol. The van der Waals surface area contributed by atoms with E-state index in [9.17, 15) is 0 Å². The van der Waals surface area contributed by atoms with Crippen LogP contribution in [-0.2, 0) is 6.42 Å². The Morgan fingerprint density at radius 1 is 1.20 bits per heavy atom. The first-order valence-electron chi connectivity index (χ1n) is 3.47. The second-order valence-corrected chi connectivity index (χ2v) is 2.24. The molecule has 0 radical (unpaired) electrons. The van der Waals surface area contributed by atoms with Crippen LogP contribution in [0.3, 0.4) is 0 Å². The van der Waals surface area contributed by atoms with Crippen molar-refractivity contribution in [3.05, 3.63) is 35.9 Å². The maximum absolute atomic E-state index is 2.20. The Bertz CT molecular complexity index is 162. The molecule has 0 unspecified atom stereocenters. The Kier molecular flexibility index (Phi) is 7.12. The Morgan fingerprint density at radius 2 is 1.80 bits per heavy atom. The van der Waals surface area contributed by atoms with Crippen LogP contribution in [0.25, 0.3) is 0 Å². The fourth-order valence-corrected chi connectivity index (χ4v) is 0.933. The minimum atomic E-state index is 0. The fourth-order valence-electron chi connectivity index (χ4n) is 0.933. The van der Waals surface area contributed by atoms with Crippen LogP contribution in [-0.4, -0.2) is 0 Å². The fraction of sp³-hybridized carbons (Fsp3) is 0.333. The van der Waals surface area contributed by atoms with Crippen molar-refractivity contribution < 1.29 is 52.8 Å². The second kappa shape index (κ2) is 6.56. The molecule has 1 aromatic rings. The molecule has 0 amide bonds. The maximum atomic E-state index is 2.20. The van der Waals surface area contributed by atoms with Gasteiger partial charge in [-0.3, -0.25) is 0 Å². The standard InChI is InChI=1S/C9H12.K.H/c1-2-6-9-7-4-3-5-8-9;;/h3-5,7-8H,2,6H2,1H3;;/q;+1;-1. The van der Waals surface area contributed by atoms with E-state index < -0.39 is 0 Å². The number of benzene rings is 1. The van der Waals surface area contributed by atoms with Gasteiger partial charge < -0.3 is 1.43 Å². The van der Waals surface area contributed by atoms with Crippen LogP contribution in [0.15, 0.2) is 30.3 Å². The summed E-state index contributed by atoms with van der Waals surface area (Å²) >= 11 is 0. The number of rotatable bonds is 2. The van der Waals surface area contributed by atoms with Crippen LogP contribution in [0, 0.1) is 0 Å². The van der Waals surface area contributed by atoms with E-state index in [1.807, 2.05) is 0 Å². The molecule has 10 heavy (non-hydrogen) atoms. The first kappa shape index (κ1) is 10.9. The van der Waals surface area contributed by atoms with Gasteiger partial charge in [0.25, 0.3) is 0 Å². The van der Waals surface area contributed by atoms with Crippen molar-refractivity contribution in [3.8, 4) is 0 Å². The van der Waals surface area contributed by atoms with Crippen LogP contribution < -0.4 is 51.4 Å². The largest absolute Gasteiger partial charge is 1.00 e. The molecule has 0 aliphatic rings. The topological polar surface area (TPSA) is 0 Å². The van der Waals surface area contributed by atoms with Crippen LogP contribution in [0.2, 0.25) is 0 Å². The van der Waals surface area contributed by atoms with Gasteiger partial charge in [0.1, 0.15) is 0 Å². The first-order valence-corrected chi connectivity index (χ1v) is 3.47. The summed E-state index contributed by atoms with van der Waals surface area (Å²) < 4.78 is 0. The van der Waals surface area contributed by atoms with Gasteiger partial charge in [0.2, 0.25) is 0 Å². The van der Waals surface area contributed by atoms with Crippen molar-refractivity contribution in [1.29, 1.82) is 0 Å². The first-order chi connectivity index (χ1) is 4.43. The van der Waals surface area contributed by atoms with E-state index in [1.54, 1.807) is 0 Å². The van der Waals surface area contributed by atoms with E-state index in [4.69, 9.17) is 0 Å². The molecule has 1 aromatic carbocycles. The van der Waals surface area contributed by atoms with Gasteiger partial charge in [-0.15, -0.1) is 0 Å². The normalized spacial score (nSPS) is 8.50. The summed E-state index contributed by atoms with van der Waals surface area (Å²) in [4.78, 5) is 0. The molecule has 0 heterocycles. The summed E-state index contributed by atoms with van der Waals surface area (Å²) in [5, 5.41) is 0. The molecule has 0 N–H and O–H groups in total. The third-order valence-corrected chi connectivity index (χ3v) is 1.38. The number of aryl methyl sites for hydroxylation is 1. The molecule has 0 fully saturated rings. The third kappa shape index (κ3) is 3.89. The van der Waals surface area contributed by atoms with Gasteiger partial charge in [-0.25, -0.2) is 0 Å². The van der Waals surface area contributed by atoms with Crippen molar-refractivity contribution in [2.24, 2.45) is 0 Å². The minimum Gasteiger partial charge on any atom is -1.00 e. The van der Waals surface area contributed by atoms with Crippen LogP contribution in [0.1, 0.15) is 20.3 Å². The van der Waals surface area contributed by atoms with Gasteiger partial charge in [0, 0.05) is 0 Å². The molecule has 1 heteroatoms. The average Bonchev–Trinajstić information content (AvgIpc) is 1.91. The Morgan fingerprint density at radius 3 is 2.30 bits per heavy atom. The van der Waals surface area contributed by atoms with Crippen molar-refractivity contribution in [2.75, 3.05) is 0 Å². The average molecular weight is 160 g/mol. The minimum absolute atomic E-state index is 0. The molecule has 0 spiro atoms. The van der Waals surface area contributed by atoms with Gasteiger partial charge >= 0.3 is 51.4 Å². The summed E-state index contributed by atoms with van der Waals surface area (Å²) in [7, 11) is 0. The number of hydrogen-bond acceptors (Lipinski definition) is 0. The Balaban J connectivity index is 0. The number of hydrogen-bond donors (Lipinski definition) is 0. The van der Waals surface area contributed by atoms with Crippen LogP contribution in [0.4, 0.5) is 0 Å². The molecule has 0 aliphatic carbocycles.